The first-order valence-corrected chi connectivity index (χ1v) is 4.34. The number of fused-ring (bicyclic) bond motifs is 8. The van der Waals surface area contributed by atoms with E-state index in [0.29, 0.717) is 0 Å². The molecular formula is C8H6O5. The second-order valence-electron chi connectivity index (χ2n) is 3.92. The lowest BCUT2D eigenvalue weighted by molar-refractivity contribution is -0.158. The van der Waals surface area contributed by atoms with Crippen LogP contribution in [0.25, 0.3) is 0 Å². The zero-order valence-electron chi connectivity index (χ0n) is 6.51. The molecule has 5 nitrogen and oxygen atoms in total. The summed E-state index contributed by atoms with van der Waals surface area (Å²) in [6.07, 6.45) is -0.354. The average Bonchev–Trinajstić information content (AvgIpc) is 2.58. The van der Waals surface area contributed by atoms with E-state index in [1.807, 2.05) is 0 Å². The molecule has 13 heavy (non-hydrogen) atoms. The third kappa shape index (κ3) is 0.538. The van der Waals surface area contributed by atoms with E-state index in [2.05, 4.69) is 4.74 Å². The van der Waals surface area contributed by atoms with Crippen molar-refractivity contribution in [3.8, 4) is 0 Å². The van der Waals surface area contributed by atoms with Crippen LogP contribution in [0.15, 0.2) is 0 Å². The Morgan fingerprint density at radius 2 is 1.23 bits per heavy atom. The predicted octanol–water partition coefficient (Wildman–Crippen LogP) is -1.15. The van der Waals surface area contributed by atoms with Gasteiger partial charge in [-0.2, -0.15) is 0 Å². The maximum absolute atomic E-state index is 11.2. The van der Waals surface area contributed by atoms with E-state index in [1.165, 1.54) is 0 Å². The van der Waals surface area contributed by atoms with Crippen LogP contribution in [0, 0.1) is 11.8 Å². The molecule has 0 spiro atoms. The Labute approximate surface area is 72.9 Å². The number of epoxide rings is 1. The van der Waals surface area contributed by atoms with Crippen LogP contribution in [0.3, 0.4) is 0 Å². The molecule has 4 aliphatic heterocycles. The van der Waals surface area contributed by atoms with Crippen LogP contribution >= 0.6 is 0 Å². The smallest absolute Gasteiger partial charge is 0.320 e. The molecule has 4 fully saturated rings. The third-order valence-electron chi connectivity index (χ3n) is 3.36. The molecule has 6 atom stereocenters. The second kappa shape index (κ2) is 1.65. The van der Waals surface area contributed by atoms with Crippen LogP contribution in [0.5, 0.6) is 0 Å². The Balaban J connectivity index is 1.84. The fourth-order valence-electron chi connectivity index (χ4n) is 2.78. The number of carbonyl (C=O) groups is 2. The Hall–Kier alpha value is -0.940. The Morgan fingerprint density at radius 1 is 0.769 bits per heavy atom. The van der Waals surface area contributed by atoms with Gasteiger partial charge in [0.15, 0.2) is 0 Å². The van der Waals surface area contributed by atoms with Crippen molar-refractivity contribution in [2.24, 2.45) is 11.8 Å². The van der Waals surface area contributed by atoms with Crippen LogP contribution in [-0.4, -0.2) is 36.4 Å². The lowest BCUT2D eigenvalue weighted by Crippen LogP contribution is -2.34. The normalized spacial score (nSPS) is 60.6. The van der Waals surface area contributed by atoms with Gasteiger partial charge >= 0.3 is 11.9 Å². The van der Waals surface area contributed by atoms with E-state index < -0.39 is 11.9 Å². The van der Waals surface area contributed by atoms with E-state index in [1.54, 1.807) is 0 Å². The van der Waals surface area contributed by atoms with Crippen molar-refractivity contribution in [3.05, 3.63) is 0 Å². The third-order valence-corrected chi connectivity index (χ3v) is 3.36. The fraction of sp³-hybridized carbons (Fsp3) is 0.750. The minimum atomic E-state index is -0.434. The average molecular weight is 182 g/mol. The van der Waals surface area contributed by atoms with Gasteiger partial charge in [-0.3, -0.25) is 9.59 Å². The fourth-order valence-corrected chi connectivity index (χ4v) is 2.78. The highest BCUT2D eigenvalue weighted by atomic mass is 16.7. The number of ether oxygens (including phenoxy) is 3. The minimum Gasteiger partial charge on any atom is -0.393 e. The monoisotopic (exact) mass is 182 g/mol. The molecule has 2 bridgehead atoms. The van der Waals surface area contributed by atoms with Crippen LogP contribution < -0.4 is 0 Å². The molecular weight excluding hydrogens is 176 g/mol. The summed E-state index contributed by atoms with van der Waals surface area (Å²) in [4.78, 5) is 22.5. The molecule has 4 aliphatic rings. The van der Waals surface area contributed by atoms with Gasteiger partial charge in [-0.05, 0) is 0 Å². The molecule has 0 aromatic rings. The van der Waals surface area contributed by atoms with Gasteiger partial charge in [0.2, 0.25) is 0 Å². The summed E-state index contributed by atoms with van der Waals surface area (Å²) in [7, 11) is 0. The molecule has 68 valence electrons. The molecule has 0 radical (unpaired) electrons. The quantitative estimate of drug-likeness (QED) is 0.269. The van der Waals surface area contributed by atoms with Crippen molar-refractivity contribution in [3.63, 3.8) is 0 Å². The molecule has 0 saturated carbocycles. The first-order chi connectivity index (χ1) is 6.27. The summed E-state index contributed by atoms with van der Waals surface area (Å²) < 4.78 is 15.3. The van der Waals surface area contributed by atoms with Crippen LogP contribution in [0.1, 0.15) is 0 Å². The van der Waals surface area contributed by atoms with Crippen LogP contribution in [-0.2, 0) is 23.8 Å². The van der Waals surface area contributed by atoms with E-state index >= 15 is 0 Å². The molecule has 0 aromatic heterocycles. The molecule has 0 aromatic carbocycles. The zero-order chi connectivity index (χ0) is 8.74. The van der Waals surface area contributed by atoms with Gasteiger partial charge in [0, 0.05) is 0 Å². The largest absolute Gasteiger partial charge is 0.393 e. The molecule has 0 amide bonds. The second-order valence-corrected chi connectivity index (χ2v) is 3.92. The van der Waals surface area contributed by atoms with Crippen molar-refractivity contribution in [2.75, 3.05) is 0 Å². The Bertz CT molecular complexity index is 307. The summed E-state index contributed by atoms with van der Waals surface area (Å²) in [5, 5.41) is 0. The Kier molecular flexibility index (Phi) is 0.825. The molecule has 0 aliphatic carbocycles. The number of hydrogen-bond donors (Lipinski definition) is 0. The lowest BCUT2D eigenvalue weighted by atomic mass is 9.81. The van der Waals surface area contributed by atoms with Crippen molar-refractivity contribution < 1.29 is 23.8 Å². The molecule has 4 rings (SSSR count). The number of esters is 2. The molecule has 0 N–H and O–H groups in total. The van der Waals surface area contributed by atoms with E-state index in [9.17, 15) is 9.59 Å². The molecule has 4 saturated heterocycles. The predicted molar refractivity (Wildman–Crippen MR) is 35.4 cm³/mol. The number of rotatable bonds is 0. The van der Waals surface area contributed by atoms with Gasteiger partial charge in [-0.1, -0.05) is 0 Å². The summed E-state index contributed by atoms with van der Waals surface area (Å²) >= 11 is 0. The summed E-state index contributed by atoms with van der Waals surface area (Å²) in [5.74, 6) is -1.64. The zero-order valence-corrected chi connectivity index (χ0v) is 6.51. The van der Waals surface area contributed by atoms with Crippen molar-refractivity contribution >= 4 is 11.9 Å². The number of carbonyl (C=O) groups excluding carboxylic acids is 2. The molecule has 5 heteroatoms. The highest BCUT2D eigenvalue weighted by molar-refractivity contribution is 5.98. The number of cyclic esters (lactones) is 2. The van der Waals surface area contributed by atoms with E-state index in [4.69, 9.17) is 9.47 Å². The van der Waals surface area contributed by atoms with Gasteiger partial charge in [0.25, 0.3) is 0 Å². The summed E-state index contributed by atoms with van der Waals surface area (Å²) in [5.41, 5.74) is 0. The van der Waals surface area contributed by atoms with Crippen LogP contribution in [0.2, 0.25) is 0 Å². The first kappa shape index (κ1) is 6.50. The van der Waals surface area contributed by atoms with Crippen molar-refractivity contribution in [2.45, 2.75) is 24.4 Å². The molecule has 0 unspecified atom stereocenters. The number of hydrogen-bond acceptors (Lipinski definition) is 5. The van der Waals surface area contributed by atoms with Crippen LogP contribution in [0.4, 0.5) is 0 Å². The maximum Gasteiger partial charge on any atom is 0.320 e. The van der Waals surface area contributed by atoms with Gasteiger partial charge < -0.3 is 14.2 Å². The van der Waals surface area contributed by atoms with Gasteiger partial charge in [0.05, 0.1) is 0 Å². The van der Waals surface area contributed by atoms with Gasteiger partial charge in [-0.25, -0.2) is 0 Å². The van der Waals surface area contributed by atoms with E-state index in [-0.39, 0.29) is 36.3 Å². The first-order valence-electron chi connectivity index (χ1n) is 4.34. The van der Waals surface area contributed by atoms with Crippen molar-refractivity contribution in [1.82, 2.24) is 0 Å². The van der Waals surface area contributed by atoms with Gasteiger partial charge in [0.1, 0.15) is 36.3 Å². The molecule has 4 heterocycles. The standard InChI is InChI=1S/C8H6O5/c9-7-1-2(8(10)13-7)4-6-5(12-6)3(1)11-4/h1-6H/t1-,2+,3-,4+,5-,6+. The SMILES string of the molecule is O=C1OC(=O)[C@H]2[C@H]3O[C@H]([C@@H]4O[C@@H]43)[C@@H]12. The summed E-state index contributed by atoms with van der Waals surface area (Å²) in [6, 6.07) is 0. The minimum absolute atomic E-state index is 0.0460. The topological polar surface area (TPSA) is 65.1 Å². The van der Waals surface area contributed by atoms with Crippen molar-refractivity contribution in [1.29, 1.82) is 0 Å². The Morgan fingerprint density at radius 3 is 1.77 bits per heavy atom. The highest BCUT2D eigenvalue weighted by Crippen LogP contribution is 2.56. The van der Waals surface area contributed by atoms with Gasteiger partial charge in [-0.15, -0.1) is 0 Å². The highest BCUT2D eigenvalue weighted by Gasteiger charge is 2.75. The summed E-state index contributed by atoms with van der Waals surface area (Å²) in [6.45, 7) is 0. The van der Waals surface area contributed by atoms with E-state index in [0.717, 1.165) is 0 Å². The maximum atomic E-state index is 11.2. The lowest BCUT2D eigenvalue weighted by Gasteiger charge is -2.09.